The molecular weight excluding hydrogens is 889 g/mol. The molecule has 0 fully saturated rings. The topological polar surface area (TPSA) is 78.9 Å². The van der Waals surface area contributed by atoms with E-state index in [2.05, 4.69) is 130 Å². The van der Waals surface area contributed by atoms with Gasteiger partial charge in [0.15, 0.2) is 6.10 Å². The third-order valence-corrected chi connectivity index (χ3v) is 12.5. The molecule has 0 bridgehead atoms. The Labute approximate surface area is 444 Å². The van der Waals surface area contributed by atoms with Crippen molar-refractivity contribution in [2.75, 3.05) is 13.2 Å². The number of hydrogen-bond acceptors (Lipinski definition) is 6. The fourth-order valence-electron chi connectivity index (χ4n) is 8.06. The summed E-state index contributed by atoms with van der Waals surface area (Å²) in [6.07, 6.45) is 80.9. The Hall–Kier alpha value is -3.93. The lowest BCUT2D eigenvalue weighted by Gasteiger charge is -2.18. The smallest absolute Gasteiger partial charge is 0.306 e. The van der Waals surface area contributed by atoms with Gasteiger partial charge in [-0.15, -0.1) is 0 Å². The number of esters is 3. The van der Waals surface area contributed by atoms with Crippen molar-refractivity contribution in [3.63, 3.8) is 0 Å². The quantitative estimate of drug-likeness (QED) is 0.0261. The molecular formula is C66H110O6. The maximum atomic E-state index is 12.9. The summed E-state index contributed by atoms with van der Waals surface area (Å²) in [5.74, 6) is -0.972. The van der Waals surface area contributed by atoms with Crippen LogP contribution in [0.1, 0.15) is 271 Å². The molecule has 6 heteroatoms. The first-order chi connectivity index (χ1) is 35.5. The van der Waals surface area contributed by atoms with E-state index < -0.39 is 6.10 Å². The number of ether oxygens (including phenoxy) is 3. The number of hydrogen-bond donors (Lipinski definition) is 0. The van der Waals surface area contributed by atoms with Crippen molar-refractivity contribution in [2.24, 2.45) is 0 Å². The summed E-state index contributed by atoms with van der Waals surface area (Å²) in [7, 11) is 0. The number of carbonyl (C=O) groups is 3. The highest BCUT2D eigenvalue weighted by Crippen LogP contribution is 2.16. The van der Waals surface area contributed by atoms with Crippen molar-refractivity contribution in [2.45, 2.75) is 277 Å². The standard InChI is InChI=1S/C66H110O6/c1-4-7-10-13-16-19-22-25-27-29-31-32-33-34-35-37-38-41-44-47-50-53-56-59-65(68)71-62-63(61-70-64(67)58-55-52-49-46-43-40-24-21-18-15-12-9-6-3)72-66(69)60-57-54-51-48-45-42-39-36-30-28-26-23-20-17-14-11-8-5-2/h7,10,12,15-16,19,21,24-25,27,31-32,34-35,38,41,47,50,63H,4-6,8-9,11,13-14,17-18,20,22-23,26,28-30,33,36-37,39-40,42-46,48-49,51-62H2,1-3H3/b10-7-,15-12-,19-16-,24-21-,27-25-,32-31-,35-34-,41-38-,50-47-. The van der Waals surface area contributed by atoms with Gasteiger partial charge in [0.25, 0.3) is 0 Å². The summed E-state index contributed by atoms with van der Waals surface area (Å²) < 4.78 is 16.8. The van der Waals surface area contributed by atoms with Crippen LogP contribution in [0.4, 0.5) is 0 Å². The van der Waals surface area contributed by atoms with Crippen molar-refractivity contribution in [1.82, 2.24) is 0 Å². The van der Waals surface area contributed by atoms with Crippen molar-refractivity contribution in [3.8, 4) is 0 Å². The molecule has 0 spiro atoms. The number of allylic oxidation sites excluding steroid dienone is 18. The Morgan fingerprint density at radius 1 is 0.292 bits per heavy atom. The van der Waals surface area contributed by atoms with Gasteiger partial charge in [0.1, 0.15) is 13.2 Å². The second-order valence-electron chi connectivity index (χ2n) is 19.5. The maximum absolute atomic E-state index is 12.9. The molecule has 6 nitrogen and oxygen atoms in total. The summed E-state index contributed by atoms with van der Waals surface area (Å²) in [5.41, 5.74) is 0. The molecule has 0 radical (unpaired) electrons. The van der Waals surface area contributed by atoms with Crippen LogP contribution in [-0.4, -0.2) is 37.2 Å². The monoisotopic (exact) mass is 999 g/mol. The van der Waals surface area contributed by atoms with Crippen LogP contribution in [0, 0.1) is 0 Å². The Morgan fingerprint density at radius 2 is 0.583 bits per heavy atom. The lowest BCUT2D eigenvalue weighted by molar-refractivity contribution is -0.167. The molecule has 410 valence electrons. The van der Waals surface area contributed by atoms with Crippen LogP contribution in [-0.2, 0) is 28.6 Å². The zero-order valence-corrected chi connectivity index (χ0v) is 46.9. The third kappa shape index (κ3) is 57.0. The van der Waals surface area contributed by atoms with E-state index in [9.17, 15) is 14.4 Å². The van der Waals surface area contributed by atoms with E-state index in [4.69, 9.17) is 14.2 Å². The Bertz CT molecular complexity index is 1470. The van der Waals surface area contributed by atoms with Gasteiger partial charge < -0.3 is 14.2 Å². The summed E-state index contributed by atoms with van der Waals surface area (Å²) in [6.45, 7) is 6.42. The molecule has 72 heavy (non-hydrogen) atoms. The fraction of sp³-hybridized carbons (Fsp3) is 0.682. The van der Waals surface area contributed by atoms with E-state index in [-0.39, 0.29) is 37.5 Å². The van der Waals surface area contributed by atoms with Gasteiger partial charge in [-0.25, -0.2) is 0 Å². The van der Waals surface area contributed by atoms with Crippen LogP contribution in [0.5, 0.6) is 0 Å². The molecule has 1 atom stereocenters. The van der Waals surface area contributed by atoms with E-state index in [1.807, 2.05) is 0 Å². The molecule has 0 aliphatic carbocycles. The predicted octanol–water partition coefficient (Wildman–Crippen LogP) is 20.3. The zero-order valence-electron chi connectivity index (χ0n) is 46.9. The van der Waals surface area contributed by atoms with Crippen molar-refractivity contribution in [1.29, 1.82) is 0 Å². The summed E-state index contributed by atoms with van der Waals surface area (Å²) >= 11 is 0. The number of unbranched alkanes of at least 4 members (excludes halogenated alkanes) is 24. The Kier molecular flexibility index (Phi) is 56.4. The van der Waals surface area contributed by atoms with Crippen LogP contribution in [0.25, 0.3) is 0 Å². The van der Waals surface area contributed by atoms with Crippen LogP contribution >= 0.6 is 0 Å². The van der Waals surface area contributed by atoms with Gasteiger partial charge in [-0.05, 0) is 96.3 Å². The van der Waals surface area contributed by atoms with Gasteiger partial charge in [0.2, 0.25) is 0 Å². The van der Waals surface area contributed by atoms with E-state index in [0.29, 0.717) is 19.3 Å². The first-order valence-electron chi connectivity index (χ1n) is 29.9. The van der Waals surface area contributed by atoms with E-state index in [1.54, 1.807) is 0 Å². The van der Waals surface area contributed by atoms with Crippen molar-refractivity contribution >= 4 is 17.9 Å². The number of carbonyl (C=O) groups excluding carboxylic acids is 3. The SMILES string of the molecule is CC/C=C\C/C=C\C/C=C\C/C=C\C/C=C\C/C=C\C/C=C\CCCC(=O)OCC(COC(=O)CCCCCCC/C=C\C/C=C\CCC)OC(=O)CCCCCCCCCCCCCCCCCCCC. The molecule has 0 rings (SSSR count). The van der Waals surface area contributed by atoms with E-state index in [1.165, 1.54) is 103 Å². The van der Waals surface area contributed by atoms with Gasteiger partial charge in [0, 0.05) is 19.3 Å². The minimum absolute atomic E-state index is 0.103. The van der Waals surface area contributed by atoms with E-state index in [0.717, 1.165) is 122 Å². The summed E-state index contributed by atoms with van der Waals surface area (Å²) in [5, 5.41) is 0. The van der Waals surface area contributed by atoms with Crippen LogP contribution in [0.3, 0.4) is 0 Å². The third-order valence-electron chi connectivity index (χ3n) is 12.5. The molecule has 0 heterocycles. The summed E-state index contributed by atoms with van der Waals surface area (Å²) in [6, 6.07) is 0. The lowest BCUT2D eigenvalue weighted by Crippen LogP contribution is -2.30. The highest BCUT2D eigenvalue weighted by atomic mass is 16.6. The molecule has 0 aromatic heterocycles. The molecule has 1 unspecified atom stereocenters. The van der Waals surface area contributed by atoms with Gasteiger partial charge in [0.05, 0.1) is 0 Å². The van der Waals surface area contributed by atoms with Gasteiger partial charge >= 0.3 is 17.9 Å². The van der Waals surface area contributed by atoms with Gasteiger partial charge in [-0.1, -0.05) is 265 Å². The molecule has 0 saturated carbocycles. The average molecular weight is 1000 g/mol. The van der Waals surface area contributed by atoms with Crippen LogP contribution in [0.2, 0.25) is 0 Å². The molecule has 0 saturated heterocycles. The normalized spacial score (nSPS) is 12.9. The second-order valence-corrected chi connectivity index (χ2v) is 19.5. The Morgan fingerprint density at radius 3 is 0.958 bits per heavy atom. The van der Waals surface area contributed by atoms with Gasteiger partial charge in [-0.3, -0.25) is 14.4 Å². The average Bonchev–Trinajstić information content (AvgIpc) is 3.38. The first-order valence-corrected chi connectivity index (χ1v) is 29.9. The zero-order chi connectivity index (χ0) is 52.2. The van der Waals surface area contributed by atoms with Crippen LogP contribution < -0.4 is 0 Å². The summed E-state index contributed by atoms with van der Waals surface area (Å²) in [4.78, 5) is 38.2. The molecule has 0 aliphatic heterocycles. The maximum Gasteiger partial charge on any atom is 0.306 e. The minimum Gasteiger partial charge on any atom is -0.462 e. The van der Waals surface area contributed by atoms with Crippen LogP contribution in [0.15, 0.2) is 109 Å². The molecule has 0 aromatic rings. The predicted molar refractivity (Wildman–Crippen MR) is 311 cm³/mol. The largest absolute Gasteiger partial charge is 0.462 e. The van der Waals surface area contributed by atoms with Crippen molar-refractivity contribution < 1.29 is 28.6 Å². The highest BCUT2D eigenvalue weighted by Gasteiger charge is 2.19. The van der Waals surface area contributed by atoms with E-state index >= 15 is 0 Å². The fourth-order valence-corrected chi connectivity index (χ4v) is 8.06. The minimum atomic E-state index is -0.808. The molecule has 0 N–H and O–H groups in total. The Balaban J connectivity index is 4.46. The first kappa shape index (κ1) is 68.1. The number of rotatable bonds is 53. The molecule has 0 aromatic carbocycles. The lowest BCUT2D eigenvalue weighted by atomic mass is 10.0. The highest BCUT2D eigenvalue weighted by molar-refractivity contribution is 5.71. The van der Waals surface area contributed by atoms with Crippen molar-refractivity contribution in [3.05, 3.63) is 109 Å². The molecule has 0 amide bonds. The molecule has 0 aliphatic rings. The van der Waals surface area contributed by atoms with Gasteiger partial charge in [-0.2, -0.15) is 0 Å². The second kappa shape index (κ2) is 59.6.